The third kappa shape index (κ3) is 4.85. The molecule has 1 aliphatic carbocycles. The van der Waals surface area contributed by atoms with E-state index in [1.54, 1.807) is 0 Å². The van der Waals surface area contributed by atoms with Gasteiger partial charge in [-0.25, -0.2) is 0 Å². The fraction of sp³-hybridized carbons (Fsp3) is 0.611. The second kappa shape index (κ2) is 8.02. The number of carbonyl (C=O) groups excluding carboxylic acids is 1. The second-order valence-electron chi connectivity index (χ2n) is 6.55. The number of hydrogen-bond donors (Lipinski definition) is 1. The number of rotatable bonds is 6. The Labute approximate surface area is 143 Å². The molecule has 23 heavy (non-hydrogen) atoms. The minimum Gasteiger partial charge on any atom is -0.492 e. The molecular formula is C18H25ClN2O2. The second-order valence-corrected chi connectivity index (χ2v) is 6.99. The van der Waals surface area contributed by atoms with Gasteiger partial charge in [0.1, 0.15) is 12.4 Å². The number of carbonyl (C=O) groups is 1. The van der Waals surface area contributed by atoms with E-state index in [-0.39, 0.29) is 5.91 Å². The molecule has 1 amide bonds. The van der Waals surface area contributed by atoms with E-state index in [0.29, 0.717) is 18.6 Å². The Morgan fingerprint density at radius 2 is 1.87 bits per heavy atom. The first kappa shape index (κ1) is 16.6. The van der Waals surface area contributed by atoms with E-state index in [9.17, 15) is 4.79 Å². The van der Waals surface area contributed by atoms with Gasteiger partial charge in [-0.15, -0.1) is 0 Å². The Morgan fingerprint density at radius 1 is 1.17 bits per heavy atom. The number of piperidine rings is 1. The molecule has 1 aromatic rings. The molecule has 5 heteroatoms. The van der Waals surface area contributed by atoms with Gasteiger partial charge in [-0.1, -0.05) is 18.0 Å². The quantitative estimate of drug-likeness (QED) is 0.868. The lowest BCUT2D eigenvalue weighted by Gasteiger charge is -2.34. The van der Waals surface area contributed by atoms with Crippen LogP contribution in [-0.2, 0) is 4.79 Å². The van der Waals surface area contributed by atoms with Crippen LogP contribution in [0.25, 0.3) is 0 Å². The molecular weight excluding hydrogens is 312 g/mol. The molecule has 0 atom stereocenters. The molecule has 1 N–H and O–H groups in total. The molecule has 3 rings (SSSR count). The summed E-state index contributed by atoms with van der Waals surface area (Å²) >= 11 is 5.86. The van der Waals surface area contributed by atoms with E-state index < -0.39 is 0 Å². The van der Waals surface area contributed by atoms with Crippen molar-refractivity contribution in [2.75, 3.05) is 26.2 Å². The molecule has 1 saturated heterocycles. The lowest BCUT2D eigenvalue weighted by atomic mass is 9.84. The molecule has 0 radical (unpaired) electrons. The minimum atomic E-state index is 0.278. The number of hydrogen-bond acceptors (Lipinski definition) is 3. The van der Waals surface area contributed by atoms with Crippen LogP contribution in [0.15, 0.2) is 24.3 Å². The average Bonchev–Trinajstić information content (AvgIpc) is 2.49. The monoisotopic (exact) mass is 336 g/mol. The van der Waals surface area contributed by atoms with Crippen molar-refractivity contribution in [3.8, 4) is 5.75 Å². The zero-order valence-corrected chi connectivity index (χ0v) is 14.2. The Balaban J connectivity index is 1.31. The van der Waals surface area contributed by atoms with Gasteiger partial charge in [0.05, 0.1) is 0 Å². The lowest BCUT2D eigenvalue weighted by molar-refractivity contribution is -0.128. The van der Waals surface area contributed by atoms with Crippen LogP contribution in [0.5, 0.6) is 5.75 Å². The number of likely N-dealkylation sites (tertiary alicyclic amines) is 1. The van der Waals surface area contributed by atoms with Crippen molar-refractivity contribution in [2.24, 2.45) is 5.92 Å². The van der Waals surface area contributed by atoms with Gasteiger partial charge in [-0.05, 0) is 49.9 Å². The number of nitrogens with zero attached hydrogens (tertiary/aromatic N) is 1. The number of nitrogens with one attached hydrogen (secondary N) is 1. The number of ether oxygens (including phenoxy) is 1. The maximum absolute atomic E-state index is 12.0. The number of amides is 1. The van der Waals surface area contributed by atoms with Gasteiger partial charge in [-0.3, -0.25) is 9.69 Å². The summed E-state index contributed by atoms with van der Waals surface area (Å²) in [5, 5.41) is 3.94. The summed E-state index contributed by atoms with van der Waals surface area (Å²) in [6.07, 6.45) is 5.45. The predicted octanol–water partition coefficient (Wildman–Crippen LogP) is 3.10. The summed E-state index contributed by atoms with van der Waals surface area (Å²) in [6, 6.07) is 7.83. The number of benzene rings is 1. The van der Waals surface area contributed by atoms with Crippen molar-refractivity contribution >= 4 is 17.5 Å². The highest BCUT2D eigenvalue weighted by atomic mass is 35.5. The number of halogens is 1. The summed E-state index contributed by atoms with van der Waals surface area (Å²) in [6.45, 7) is 3.66. The van der Waals surface area contributed by atoms with Gasteiger partial charge in [-0.2, -0.15) is 0 Å². The molecule has 0 spiro atoms. The van der Waals surface area contributed by atoms with Crippen LogP contribution < -0.4 is 10.1 Å². The normalized spacial score (nSPS) is 20.0. The topological polar surface area (TPSA) is 41.6 Å². The molecule has 126 valence electrons. The summed E-state index contributed by atoms with van der Waals surface area (Å²) < 4.78 is 5.74. The van der Waals surface area contributed by atoms with Crippen molar-refractivity contribution in [3.05, 3.63) is 29.3 Å². The molecule has 2 aliphatic rings. The van der Waals surface area contributed by atoms with E-state index >= 15 is 0 Å². The lowest BCUT2D eigenvalue weighted by Crippen LogP contribution is -2.47. The van der Waals surface area contributed by atoms with E-state index in [2.05, 4.69) is 10.2 Å². The Bertz CT molecular complexity index is 508. The summed E-state index contributed by atoms with van der Waals surface area (Å²) in [4.78, 5) is 14.4. The van der Waals surface area contributed by atoms with Gasteiger partial charge < -0.3 is 10.1 Å². The van der Waals surface area contributed by atoms with Crippen molar-refractivity contribution < 1.29 is 9.53 Å². The molecule has 4 nitrogen and oxygen atoms in total. The van der Waals surface area contributed by atoms with E-state index in [0.717, 1.165) is 56.1 Å². The molecule has 1 aromatic carbocycles. The fourth-order valence-electron chi connectivity index (χ4n) is 3.11. The SMILES string of the molecule is O=C(NC1CCN(CCOc2ccc(Cl)cc2)CC1)C1CCC1. The van der Waals surface area contributed by atoms with Gasteiger partial charge in [0.15, 0.2) is 0 Å². The van der Waals surface area contributed by atoms with Crippen molar-refractivity contribution in [1.82, 2.24) is 10.2 Å². The van der Waals surface area contributed by atoms with Gasteiger partial charge in [0.2, 0.25) is 5.91 Å². The zero-order chi connectivity index (χ0) is 16.1. The van der Waals surface area contributed by atoms with Crippen molar-refractivity contribution in [1.29, 1.82) is 0 Å². The minimum absolute atomic E-state index is 0.278. The first-order valence-corrected chi connectivity index (χ1v) is 8.99. The van der Waals surface area contributed by atoms with Crippen LogP contribution in [0.2, 0.25) is 5.02 Å². The van der Waals surface area contributed by atoms with Crippen LogP contribution in [0.4, 0.5) is 0 Å². The first-order chi connectivity index (χ1) is 11.2. The molecule has 1 aliphatic heterocycles. The smallest absolute Gasteiger partial charge is 0.223 e. The Kier molecular flexibility index (Phi) is 5.79. The molecule has 1 heterocycles. The van der Waals surface area contributed by atoms with Gasteiger partial charge in [0.25, 0.3) is 0 Å². The van der Waals surface area contributed by atoms with Crippen LogP contribution in [-0.4, -0.2) is 43.1 Å². The summed E-state index contributed by atoms with van der Waals surface area (Å²) in [5.41, 5.74) is 0. The highest BCUT2D eigenvalue weighted by Crippen LogP contribution is 2.26. The average molecular weight is 337 g/mol. The molecule has 0 unspecified atom stereocenters. The van der Waals surface area contributed by atoms with Gasteiger partial charge in [0, 0.05) is 36.6 Å². The Hall–Kier alpha value is -1.26. The van der Waals surface area contributed by atoms with E-state index in [4.69, 9.17) is 16.3 Å². The molecule has 2 fully saturated rings. The predicted molar refractivity (Wildman–Crippen MR) is 91.9 cm³/mol. The summed E-state index contributed by atoms with van der Waals surface area (Å²) in [7, 11) is 0. The standard InChI is InChI=1S/C18H25ClN2O2/c19-15-4-6-17(7-5-15)23-13-12-21-10-8-16(9-11-21)20-18(22)14-2-1-3-14/h4-7,14,16H,1-3,8-13H2,(H,20,22). The molecule has 1 saturated carbocycles. The Morgan fingerprint density at radius 3 is 2.48 bits per heavy atom. The molecule has 0 bridgehead atoms. The maximum atomic E-state index is 12.0. The van der Waals surface area contributed by atoms with Crippen molar-refractivity contribution in [3.63, 3.8) is 0 Å². The third-order valence-electron chi connectivity index (χ3n) is 4.90. The van der Waals surface area contributed by atoms with E-state index in [1.807, 2.05) is 24.3 Å². The largest absolute Gasteiger partial charge is 0.492 e. The maximum Gasteiger partial charge on any atom is 0.223 e. The first-order valence-electron chi connectivity index (χ1n) is 8.62. The highest BCUT2D eigenvalue weighted by Gasteiger charge is 2.28. The van der Waals surface area contributed by atoms with Crippen LogP contribution in [0.1, 0.15) is 32.1 Å². The van der Waals surface area contributed by atoms with Crippen LogP contribution in [0.3, 0.4) is 0 Å². The van der Waals surface area contributed by atoms with Crippen LogP contribution >= 0.6 is 11.6 Å². The third-order valence-corrected chi connectivity index (χ3v) is 5.15. The zero-order valence-electron chi connectivity index (χ0n) is 13.5. The highest BCUT2D eigenvalue weighted by molar-refractivity contribution is 6.30. The molecule has 0 aromatic heterocycles. The summed E-state index contributed by atoms with van der Waals surface area (Å²) in [5.74, 6) is 1.43. The van der Waals surface area contributed by atoms with E-state index in [1.165, 1.54) is 6.42 Å². The van der Waals surface area contributed by atoms with Crippen LogP contribution in [0, 0.1) is 5.92 Å². The fourth-order valence-corrected chi connectivity index (χ4v) is 3.24. The van der Waals surface area contributed by atoms with Crippen molar-refractivity contribution in [2.45, 2.75) is 38.1 Å². The van der Waals surface area contributed by atoms with Gasteiger partial charge >= 0.3 is 0 Å².